The summed E-state index contributed by atoms with van der Waals surface area (Å²) in [6, 6.07) is 10.8. The average Bonchev–Trinajstić information content (AvgIpc) is 2.51. The number of benzene rings is 2. The van der Waals surface area contributed by atoms with Crippen molar-refractivity contribution in [3.8, 4) is 5.75 Å². The van der Waals surface area contributed by atoms with Crippen LogP contribution in [0.5, 0.6) is 5.75 Å². The van der Waals surface area contributed by atoms with Crippen LogP contribution in [0.4, 0.5) is 4.39 Å². The van der Waals surface area contributed by atoms with Gasteiger partial charge in [0.25, 0.3) is 0 Å². The number of ether oxygens (including phenoxy) is 1. The number of hydrogen-bond acceptors (Lipinski definition) is 2. The van der Waals surface area contributed by atoms with E-state index in [0.29, 0.717) is 17.3 Å². The van der Waals surface area contributed by atoms with Crippen molar-refractivity contribution in [3.63, 3.8) is 0 Å². The van der Waals surface area contributed by atoms with Gasteiger partial charge in [-0.1, -0.05) is 29.8 Å². The third kappa shape index (κ3) is 3.96. The lowest BCUT2D eigenvalue weighted by Crippen LogP contribution is -2.03. The van der Waals surface area contributed by atoms with Crippen LogP contribution in [0.15, 0.2) is 40.9 Å². The zero-order valence-corrected chi connectivity index (χ0v) is 13.8. The molecule has 0 saturated carbocycles. The fraction of sp³-hybridized carbons (Fsp3) is 0.250. The lowest BCUT2D eigenvalue weighted by atomic mass is 10.0. The normalized spacial score (nSPS) is 12.2. The SMILES string of the molecule is COc1ccc(CCC(O)c2ccc(Br)c(Cl)c2F)cc1. The molecule has 0 saturated heterocycles. The summed E-state index contributed by atoms with van der Waals surface area (Å²) < 4.78 is 19.6. The van der Waals surface area contributed by atoms with E-state index in [9.17, 15) is 9.50 Å². The quantitative estimate of drug-likeness (QED) is 0.754. The van der Waals surface area contributed by atoms with Gasteiger partial charge >= 0.3 is 0 Å². The van der Waals surface area contributed by atoms with E-state index in [4.69, 9.17) is 16.3 Å². The van der Waals surface area contributed by atoms with E-state index in [1.165, 1.54) is 0 Å². The molecule has 112 valence electrons. The Kier molecular flexibility index (Phi) is 5.62. The highest BCUT2D eigenvalue weighted by Crippen LogP contribution is 2.31. The van der Waals surface area contributed by atoms with Gasteiger partial charge in [0.2, 0.25) is 0 Å². The van der Waals surface area contributed by atoms with E-state index in [0.717, 1.165) is 11.3 Å². The van der Waals surface area contributed by atoms with Crippen molar-refractivity contribution in [2.45, 2.75) is 18.9 Å². The number of hydrogen-bond donors (Lipinski definition) is 1. The molecule has 0 radical (unpaired) electrons. The second kappa shape index (κ2) is 7.25. The van der Waals surface area contributed by atoms with Gasteiger partial charge in [-0.2, -0.15) is 0 Å². The van der Waals surface area contributed by atoms with Crippen molar-refractivity contribution in [2.24, 2.45) is 0 Å². The molecule has 0 aromatic heterocycles. The first-order valence-electron chi connectivity index (χ1n) is 6.47. The zero-order chi connectivity index (χ0) is 15.4. The Balaban J connectivity index is 2.04. The molecule has 5 heteroatoms. The number of rotatable bonds is 5. The molecule has 2 nitrogen and oxygen atoms in total. The van der Waals surface area contributed by atoms with Crippen molar-refractivity contribution in [3.05, 3.63) is 62.8 Å². The van der Waals surface area contributed by atoms with Crippen molar-refractivity contribution in [1.29, 1.82) is 0 Å². The van der Waals surface area contributed by atoms with Crippen LogP contribution in [0.2, 0.25) is 5.02 Å². The predicted molar refractivity (Wildman–Crippen MR) is 85.4 cm³/mol. The van der Waals surface area contributed by atoms with E-state index in [2.05, 4.69) is 15.9 Å². The van der Waals surface area contributed by atoms with Crippen LogP contribution < -0.4 is 4.74 Å². The highest BCUT2D eigenvalue weighted by atomic mass is 79.9. The first kappa shape index (κ1) is 16.3. The van der Waals surface area contributed by atoms with Crippen LogP contribution in [0.25, 0.3) is 0 Å². The average molecular weight is 374 g/mol. The van der Waals surface area contributed by atoms with Crippen LogP contribution >= 0.6 is 27.5 Å². The largest absolute Gasteiger partial charge is 0.497 e. The number of aliphatic hydroxyl groups is 1. The molecular formula is C16H15BrClFO2. The van der Waals surface area contributed by atoms with Crippen molar-refractivity contribution in [2.75, 3.05) is 7.11 Å². The van der Waals surface area contributed by atoms with Crippen LogP contribution in [0, 0.1) is 5.82 Å². The molecule has 1 atom stereocenters. The highest BCUT2D eigenvalue weighted by molar-refractivity contribution is 9.10. The topological polar surface area (TPSA) is 29.5 Å². The maximum absolute atomic E-state index is 14.0. The minimum Gasteiger partial charge on any atom is -0.497 e. The first-order chi connectivity index (χ1) is 10.0. The maximum atomic E-state index is 14.0. The summed E-state index contributed by atoms with van der Waals surface area (Å²) in [6.07, 6.45) is 0.164. The van der Waals surface area contributed by atoms with Crippen LogP contribution in [-0.2, 0) is 6.42 Å². The molecule has 2 aromatic carbocycles. The van der Waals surface area contributed by atoms with Crippen molar-refractivity contribution >= 4 is 27.5 Å². The van der Waals surface area contributed by atoms with Crippen molar-refractivity contribution < 1.29 is 14.2 Å². The monoisotopic (exact) mass is 372 g/mol. The van der Waals surface area contributed by atoms with E-state index >= 15 is 0 Å². The Morgan fingerprint density at radius 3 is 2.52 bits per heavy atom. The van der Waals surface area contributed by atoms with Gasteiger partial charge in [0.05, 0.1) is 18.2 Å². The Morgan fingerprint density at radius 2 is 1.90 bits per heavy atom. The van der Waals surface area contributed by atoms with Gasteiger partial charge in [-0.15, -0.1) is 0 Å². The molecule has 0 aliphatic carbocycles. The zero-order valence-electron chi connectivity index (χ0n) is 11.4. The lowest BCUT2D eigenvalue weighted by Gasteiger charge is -2.13. The van der Waals surface area contributed by atoms with Gasteiger partial charge in [0.15, 0.2) is 0 Å². The van der Waals surface area contributed by atoms with Gasteiger partial charge < -0.3 is 9.84 Å². The first-order valence-corrected chi connectivity index (χ1v) is 7.64. The Labute approximate surface area is 136 Å². The highest BCUT2D eigenvalue weighted by Gasteiger charge is 2.17. The Morgan fingerprint density at radius 1 is 1.24 bits per heavy atom. The number of aliphatic hydroxyl groups excluding tert-OH is 1. The van der Waals surface area contributed by atoms with Crippen molar-refractivity contribution in [1.82, 2.24) is 0 Å². The third-order valence-electron chi connectivity index (χ3n) is 3.29. The lowest BCUT2D eigenvalue weighted by molar-refractivity contribution is 0.163. The molecule has 0 amide bonds. The Hall–Kier alpha value is -1.10. The van der Waals surface area contributed by atoms with Gasteiger partial charge in [-0.25, -0.2) is 4.39 Å². The van der Waals surface area contributed by atoms with Gasteiger partial charge in [0, 0.05) is 10.0 Å². The Bertz CT molecular complexity index is 616. The summed E-state index contributed by atoms with van der Waals surface area (Å²) in [4.78, 5) is 0. The summed E-state index contributed by atoms with van der Waals surface area (Å²) >= 11 is 8.98. The molecular weight excluding hydrogens is 359 g/mol. The van der Waals surface area contributed by atoms with E-state index in [1.807, 2.05) is 24.3 Å². The number of methoxy groups -OCH3 is 1. The fourth-order valence-corrected chi connectivity index (χ4v) is 2.53. The van der Waals surface area contributed by atoms with Crippen LogP contribution in [-0.4, -0.2) is 12.2 Å². The summed E-state index contributed by atoms with van der Waals surface area (Å²) in [6.45, 7) is 0. The van der Waals surface area contributed by atoms with E-state index < -0.39 is 11.9 Å². The summed E-state index contributed by atoms with van der Waals surface area (Å²) in [7, 11) is 1.61. The summed E-state index contributed by atoms with van der Waals surface area (Å²) in [5, 5.41) is 10.1. The number of halogens is 3. The second-order valence-corrected chi connectivity index (χ2v) is 5.90. The minimum atomic E-state index is -0.891. The number of aryl methyl sites for hydroxylation is 1. The molecule has 2 aromatic rings. The third-order valence-corrected chi connectivity index (χ3v) is 4.55. The molecule has 21 heavy (non-hydrogen) atoms. The smallest absolute Gasteiger partial charge is 0.148 e. The molecule has 0 aliphatic rings. The predicted octanol–water partition coefficient (Wildman–Crippen LogP) is 4.92. The summed E-state index contributed by atoms with van der Waals surface area (Å²) in [5.41, 5.74) is 1.27. The second-order valence-electron chi connectivity index (χ2n) is 4.67. The molecule has 0 spiro atoms. The van der Waals surface area contributed by atoms with Gasteiger partial charge in [-0.3, -0.25) is 0 Å². The molecule has 0 bridgehead atoms. The molecule has 1 N–H and O–H groups in total. The van der Waals surface area contributed by atoms with E-state index in [-0.39, 0.29) is 10.6 Å². The van der Waals surface area contributed by atoms with Crippen LogP contribution in [0.1, 0.15) is 23.7 Å². The minimum absolute atomic E-state index is 0.00371. The molecule has 0 heterocycles. The van der Waals surface area contributed by atoms with Gasteiger partial charge in [0.1, 0.15) is 11.6 Å². The molecule has 2 rings (SSSR count). The molecule has 0 aliphatic heterocycles. The van der Waals surface area contributed by atoms with Crippen LogP contribution in [0.3, 0.4) is 0 Å². The maximum Gasteiger partial charge on any atom is 0.148 e. The fourth-order valence-electron chi connectivity index (χ4n) is 2.05. The van der Waals surface area contributed by atoms with Gasteiger partial charge in [-0.05, 0) is 52.5 Å². The standard InChI is InChI=1S/C16H15BrClFO2/c1-21-11-5-2-10(3-6-11)4-9-14(20)12-7-8-13(17)15(18)16(12)19/h2-3,5-8,14,20H,4,9H2,1H3. The molecule has 1 unspecified atom stereocenters. The summed E-state index contributed by atoms with van der Waals surface area (Å²) in [5.74, 6) is 0.207. The molecule has 0 fully saturated rings. The van der Waals surface area contributed by atoms with E-state index in [1.54, 1.807) is 19.2 Å².